The van der Waals surface area contributed by atoms with E-state index in [-0.39, 0.29) is 19.2 Å². The number of carbonyl (C=O) groups excluding carboxylic acids is 1. The lowest BCUT2D eigenvalue weighted by molar-refractivity contribution is -0.145. The van der Waals surface area contributed by atoms with Crippen LogP contribution < -0.4 is 9.47 Å². The second-order valence-electron chi connectivity index (χ2n) is 11.3. The molecule has 1 saturated heterocycles. The van der Waals surface area contributed by atoms with Crippen LogP contribution in [0.2, 0.25) is 0 Å². The summed E-state index contributed by atoms with van der Waals surface area (Å²) in [4.78, 5) is 17.2. The Hall–Kier alpha value is -1.83. The summed E-state index contributed by atoms with van der Waals surface area (Å²) in [5.74, 6) is 2.44. The minimum atomic E-state index is -0.165. The molecular weight excluding hydrogens is 492 g/mol. The van der Waals surface area contributed by atoms with E-state index in [9.17, 15) is 4.79 Å². The molecule has 224 valence electrons. The Morgan fingerprint density at radius 2 is 1.49 bits per heavy atom. The summed E-state index contributed by atoms with van der Waals surface area (Å²) >= 11 is 0. The van der Waals surface area contributed by atoms with Crippen molar-refractivity contribution in [2.45, 2.75) is 92.1 Å². The summed E-state index contributed by atoms with van der Waals surface area (Å²) in [5, 5.41) is 9.09. The molecule has 1 fully saturated rings. The van der Waals surface area contributed by atoms with Gasteiger partial charge in [0.25, 0.3) is 0 Å². The fourth-order valence-electron chi connectivity index (χ4n) is 4.93. The molecule has 2 rings (SSSR count). The van der Waals surface area contributed by atoms with E-state index >= 15 is 0 Å². The zero-order valence-corrected chi connectivity index (χ0v) is 25.3. The van der Waals surface area contributed by atoms with E-state index in [0.717, 1.165) is 75.6 Å². The molecule has 0 amide bonds. The molecule has 1 N–H and O–H groups in total. The van der Waals surface area contributed by atoms with E-state index in [1.54, 1.807) is 0 Å². The number of rotatable bonds is 21. The lowest BCUT2D eigenvalue weighted by Crippen LogP contribution is -2.47. The summed E-state index contributed by atoms with van der Waals surface area (Å²) in [5.41, 5.74) is 0.902. The lowest BCUT2D eigenvalue weighted by Gasteiger charge is -2.34. The van der Waals surface area contributed by atoms with Crippen molar-refractivity contribution in [3.8, 4) is 11.5 Å². The summed E-state index contributed by atoms with van der Waals surface area (Å²) in [7, 11) is 0. The third-order valence-electron chi connectivity index (χ3n) is 7.69. The molecule has 2 unspecified atom stereocenters. The van der Waals surface area contributed by atoms with E-state index in [4.69, 9.17) is 19.3 Å². The second-order valence-corrected chi connectivity index (χ2v) is 11.3. The number of carbonyl (C=O) groups is 1. The lowest BCUT2D eigenvalue weighted by atomic mass is 10.0. The topological polar surface area (TPSA) is 71.5 Å². The quantitative estimate of drug-likeness (QED) is 0.191. The number of aliphatic hydroxyl groups excluding tert-OH is 1. The first-order valence-corrected chi connectivity index (χ1v) is 15.6. The molecule has 0 radical (unpaired) electrons. The van der Waals surface area contributed by atoms with E-state index in [0.29, 0.717) is 31.5 Å². The highest BCUT2D eigenvalue weighted by molar-refractivity contribution is 5.69. The number of unbranched alkanes of at least 4 members (excludes halogenated alkanes) is 2. The average molecular weight is 549 g/mol. The van der Waals surface area contributed by atoms with E-state index in [1.807, 2.05) is 18.2 Å². The molecule has 0 spiro atoms. The monoisotopic (exact) mass is 548 g/mol. The summed E-state index contributed by atoms with van der Waals surface area (Å²) < 4.78 is 18.0. The predicted molar refractivity (Wildman–Crippen MR) is 158 cm³/mol. The summed E-state index contributed by atoms with van der Waals surface area (Å²) in [6.45, 7) is 16.3. The SMILES string of the molecule is CCCCC(C)COc1cc(COC(=O)CCCN2CCN(CCO)CC2)cc(OCC(CC)CCCC)c1. The maximum absolute atomic E-state index is 12.5. The second kappa shape index (κ2) is 20.1. The Morgan fingerprint density at radius 1 is 0.872 bits per heavy atom. The van der Waals surface area contributed by atoms with Crippen LogP contribution in [0.1, 0.15) is 91.0 Å². The number of aliphatic hydroxyl groups is 1. The van der Waals surface area contributed by atoms with Gasteiger partial charge in [0.15, 0.2) is 0 Å². The third kappa shape index (κ3) is 14.4. The van der Waals surface area contributed by atoms with Crippen molar-refractivity contribution in [3.63, 3.8) is 0 Å². The van der Waals surface area contributed by atoms with Crippen LogP contribution in [0.15, 0.2) is 18.2 Å². The van der Waals surface area contributed by atoms with Crippen LogP contribution in [0.3, 0.4) is 0 Å². The largest absolute Gasteiger partial charge is 0.493 e. The first-order valence-electron chi connectivity index (χ1n) is 15.6. The molecule has 0 aromatic heterocycles. The van der Waals surface area contributed by atoms with Crippen molar-refractivity contribution >= 4 is 5.97 Å². The molecule has 2 atom stereocenters. The van der Waals surface area contributed by atoms with Crippen molar-refractivity contribution in [2.75, 3.05) is 59.1 Å². The van der Waals surface area contributed by atoms with Gasteiger partial charge in [-0.15, -0.1) is 0 Å². The molecule has 7 nitrogen and oxygen atoms in total. The number of nitrogens with zero attached hydrogens (tertiary/aromatic N) is 2. The van der Waals surface area contributed by atoms with Crippen LogP contribution in [0, 0.1) is 11.8 Å². The van der Waals surface area contributed by atoms with Crippen LogP contribution in [0.25, 0.3) is 0 Å². The highest BCUT2D eigenvalue weighted by Crippen LogP contribution is 2.26. The molecule has 1 aliphatic heterocycles. The van der Waals surface area contributed by atoms with Crippen LogP contribution in [-0.4, -0.2) is 80.0 Å². The molecule has 0 aliphatic carbocycles. The Labute approximate surface area is 238 Å². The van der Waals surface area contributed by atoms with Crippen molar-refractivity contribution < 1.29 is 24.1 Å². The Bertz CT molecular complexity index is 782. The van der Waals surface area contributed by atoms with Crippen LogP contribution in [0.5, 0.6) is 11.5 Å². The van der Waals surface area contributed by atoms with Gasteiger partial charge in [0.2, 0.25) is 0 Å². The van der Waals surface area contributed by atoms with Gasteiger partial charge in [0.1, 0.15) is 18.1 Å². The zero-order chi connectivity index (χ0) is 28.3. The van der Waals surface area contributed by atoms with Gasteiger partial charge < -0.3 is 24.2 Å². The highest BCUT2D eigenvalue weighted by atomic mass is 16.5. The van der Waals surface area contributed by atoms with E-state index < -0.39 is 0 Å². The first kappa shape index (κ1) is 33.4. The molecule has 0 bridgehead atoms. The standard InChI is InChI=1S/C32H56N2O5/c1-5-8-11-27(4)24-37-30-21-29(22-31(23-30)38-25-28(7-3)12-9-6-2)26-39-32(36)13-10-14-33-15-17-34(18-16-33)19-20-35/h21-23,27-28,35H,5-20,24-26H2,1-4H3. The van der Waals surface area contributed by atoms with Crippen LogP contribution in [-0.2, 0) is 16.1 Å². The van der Waals surface area contributed by atoms with Gasteiger partial charge in [0, 0.05) is 45.2 Å². The summed E-state index contributed by atoms with van der Waals surface area (Å²) in [6.07, 6.45) is 9.49. The zero-order valence-electron chi connectivity index (χ0n) is 25.3. The van der Waals surface area contributed by atoms with E-state index in [1.165, 1.54) is 32.1 Å². The summed E-state index contributed by atoms with van der Waals surface area (Å²) in [6, 6.07) is 5.94. The van der Waals surface area contributed by atoms with Gasteiger partial charge in [0.05, 0.1) is 19.8 Å². The normalized spacial score (nSPS) is 16.1. The highest BCUT2D eigenvalue weighted by Gasteiger charge is 2.17. The predicted octanol–water partition coefficient (Wildman–Crippen LogP) is 5.92. The average Bonchev–Trinajstić information content (AvgIpc) is 2.95. The molecule has 1 heterocycles. The van der Waals surface area contributed by atoms with Gasteiger partial charge in [-0.1, -0.05) is 59.8 Å². The minimum Gasteiger partial charge on any atom is -0.493 e. The number of piperazine rings is 1. The Balaban J connectivity index is 1.87. The molecule has 7 heteroatoms. The fourth-order valence-corrected chi connectivity index (χ4v) is 4.93. The third-order valence-corrected chi connectivity index (χ3v) is 7.69. The number of esters is 1. The van der Waals surface area contributed by atoms with Gasteiger partial charge >= 0.3 is 5.97 Å². The molecule has 1 aliphatic rings. The molecule has 1 aromatic rings. The number of β-amino-alcohol motifs (C(OH)–C–C–N with tert-alkyl or cyclic N) is 1. The fraction of sp³-hybridized carbons (Fsp3) is 0.781. The number of hydrogen-bond acceptors (Lipinski definition) is 7. The Kier molecular flexibility index (Phi) is 17.2. The number of hydrogen-bond donors (Lipinski definition) is 1. The van der Waals surface area contributed by atoms with Crippen molar-refractivity contribution in [3.05, 3.63) is 23.8 Å². The Morgan fingerprint density at radius 3 is 2.10 bits per heavy atom. The van der Waals surface area contributed by atoms with Crippen molar-refractivity contribution in [2.24, 2.45) is 11.8 Å². The van der Waals surface area contributed by atoms with Crippen LogP contribution in [0.4, 0.5) is 0 Å². The van der Waals surface area contributed by atoms with Crippen molar-refractivity contribution in [1.82, 2.24) is 9.80 Å². The molecular formula is C32H56N2O5. The van der Waals surface area contributed by atoms with Gasteiger partial charge in [-0.2, -0.15) is 0 Å². The molecule has 0 saturated carbocycles. The molecule has 1 aromatic carbocycles. The maximum Gasteiger partial charge on any atom is 0.306 e. The van der Waals surface area contributed by atoms with Gasteiger partial charge in [-0.3, -0.25) is 9.69 Å². The number of ether oxygens (including phenoxy) is 3. The first-order chi connectivity index (χ1) is 19.0. The molecule has 39 heavy (non-hydrogen) atoms. The van der Waals surface area contributed by atoms with Gasteiger partial charge in [-0.25, -0.2) is 0 Å². The van der Waals surface area contributed by atoms with Crippen LogP contribution >= 0.6 is 0 Å². The maximum atomic E-state index is 12.5. The minimum absolute atomic E-state index is 0.165. The van der Waals surface area contributed by atoms with E-state index in [2.05, 4.69) is 37.5 Å². The number of benzene rings is 1. The van der Waals surface area contributed by atoms with Gasteiger partial charge in [-0.05, 0) is 55.3 Å². The van der Waals surface area contributed by atoms with Crippen molar-refractivity contribution in [1.29, 1.82) is 0 Å². The smallest absolute Gasteiger partial charge is 0.306 e.